The molecule has 4 aromatic rings. The Labute approximate surface area is 216 Å². The molecule has 0 saturated carbocycles. The highest BCUT2D eigenvalue weighted by atomic mass is 16.5. The molecule has 192 valence electrons. The van der Waals surface area contributed by atoms with E-state index in [1.165, 1.54) is 0 Å². The first kappa shape index (κ1) is 25.7. The SMILES string of the molecule is COc1ccc(-c2cc(OC)c(-c3ccc(OCc4ccccc4)c(O)c3)c(OCCO)c2OC)cc1. The molecule has 7 nitrogen and oxygen atoms in total. The van der Waals surface area contributed by atoms with Crippen LogP contribution < -0.4 is 23.7 Å². The highest BCUT2D eigenvalue weighted by Crippen LogP contribution is 2.51. The molecule has 0 fully saturated rings. The van der Waals surface area contributed by atoms with Crippen LogP contribution in [0.2, 0.25) is 0 Å². The first-order valence-corrected chi connectivity index (χ1v) is 11.8. The minimum absolute atomic E-state index is 0.0261. The number of methoxy groups -OCH3 is 3. The predicted molar refractivity (Wildman–Crippen MR) is 142 cm³/mol. The molecule has 4 rings (SSSR count). The lowest BCUT2D eigenvalue weighted by molar-refractivity contribution is 0.197. The molecule has 0 aliphatic heterocycles. The summed E-state index contributed by atoms with van der Waals surface area (Å²) in [6.45, 7) is 0.185. The van der Waals surface area contributed by atoms with Crippen molar-refractivity contribution in [3.63, 3.8) is 0 Å². The fraction of sp³-hybridized carbons (Fsp3) is 0.200. The van der Waals surface area contributed by atoms with Crippen molar-refractivity contribution in [2.24, 2.45) is 0 Å². The van der Waals surface area contributed by atoms with Gasteiger partial charge < -0.3 is 33.9 Å². The number of rotatable bonds is 11. The summed E-state index contributed by atoms with van der Waals surface area (Å²) < 4.78 is 28.7. The van der Waals surface area contributed by atoms with Gasteiger partial charge in [-0.2, -0.15) is 0 Å². The van der Waals surface area contributed by atoms with Crippen molar-refractivity contribution in [2.45, 2.75) is 6.61 Å². The summed E-state index contributed by atoms with van der Waals surface area (Å²) in [6.07, 6.45) is 0. The lowest BCUT2D eigenvalue weighted by atomic mass is 9.96. The highest BCUT2D eigenvalue weighted by molar-refractivity contribution is 5.88. The van der Waals surface area contributed by atoms with Crippen molar-refractivity contribution in [1.29, 1.82) is 0 Å². The minimum Gasteiger partial charge on any atom is -0.504 e. The fourth-order valence-corrected chi connectivity index (χ4v) is 4.05. The number of phenols is 1. The Morgan fingerprint density at radius 2 is 1.41 bits per heavy atom. The van der Waals surface area contributed by atoms with Gasteiger partial charge in [-0.3, -0.25) is 0 Å². The largest absolute Gasteiger partial charge is 0.504 e. The quantitative estimate of drug-likeness (QED) is 0.272. The molecule has 0 bridgehead atoms. The van der Waals surface area contributed by atoms with Gasteiger partial charge in [-0.15, -0.1) is 0 Å². The summed E-state index contributed by atoms with van der Waals surface area (Å²) >= 11 is 0. The lowest BCUT2D eigenvalue weighted by Crippen LogP contribution is -2.06. The zero-order chi connectivity index (χ0) is 26.2. The highest BCUT2D eigenvalue weighted by Gasteiger charge is 2.24. The third-order valence-electron chi connectivity index (χ3n) is 5.85. The Kier molecular flexibility index (Phi) is 8.38. The fourth-order valence-electron chi connectivity index (χ4n) is 4.05. The number of phenolic OH excluding ortho intramolecular Hbond substituents is 1. The van der Waals surface area contributed by atoms with Gasteiger partial charge in [0.2, 0.25) is 0 Å². The maximum absolute atomic E-state index is 10.8. The molecule has 2 N–H and O–H groups in total. The predicted octanol–water partition coefficient (Wildman–Crippen LogP) is 5.70. The van der Waals surface area contributed by atoms with E-state index in [-0.39, 0.29) is 19.0 Å². The van der Waals surface area contributed by atoms with Crippen molar-refractivity contribution in [3.8, 4) is 56.8 Å². The van der Waals surface area contributed by atoms with E-state index in [0.717, 1.165) is 22.4 Å². The van der Waals surface area contributed by atoms with Gasteiger partial charge in [-0.1, -0.05) is 48.5 Å². The van der Waals surface area contributed by atoms with E-state index in [0.29, 0.717) is 40.7 Å². The van der Waals surface area contributed by atoms with Crippen LogP contribution in [0.3, 0.4) is 0 Å². The van der Waals surface area contributed by atoms with Gasteiger partial charge in [0.15, 0.2) is 23.0 Å². The molecule has 0 unspecified atom stereocenters. The van der Waals surface area contributed by atoms with Crippen molar-refractivity contribution in [1.82, 2.24) is 0 Å². The third kappa shape index (κ3) is 5.73. The summed E-state index contributed by atoms with van der Waals surface area (Å²) in [7, 11) is 4.74. The smallest absolute Gasteiger partial charge is 0.173 e. The summed E-state index contributed by atoms with van der Waals surface area (Å²) in [4.78, 5) is 0. The summed E-state index contributed by atoms with van der Waals surface area (Å²) in [5.74, 6) is 2.43. The molecule has 7 heteroatoms. The van der Waals surface area contributed by atoms with Crippen LogP contribution in [0.15, 0.2) is 78.9 Å². The van der Waals surface area contributed by atoms with E-state index < -0.39 is 0 Å². The number of hydrogen-bond donors (Lipinski definition) is 2. The van der Waals surface area contributed by atoms with Crippen molar-refractivity contribution < 1.29 is 33.9 Å². The monoisotopic (exact) mass is 502 g/mol. The van der Waals surface area contributed by atoms with Crippen molar-refractivity contribution in [3.05, 3.63) is 84.4 Å². The second-order valence-corrected chi connectivity index (χ2v) is 8.12. The van der Waals surface area contributed by atoms with Crippen LogP contribution in [-0.2, 0) is 6.61 Å². The molecule has 0 heterocycles. The van der Waals surface area contributed by atoms with Gasteiger partial charge in [0.05, 0.1) is 33.5 Å². The summed E-state index contributed by atoms with van der Waals surface area (Å²) in [6, 6.07) is 24.2. The summed E-state index contributed by atoms with van der Waals surface area (Å²) in [5, 5.41) is 20.3. The van der Waals surface area contributed by atoms with E-state index in [1.54, 1.807) is 33.5 Å². The number of aliphatic hydroxyl groups excluding tert-OH is 1. The maximum atomic E-state index is 10.8. The normalized spacial score (nSPS) is 10.6. The van der Waals surface area contributed by atoms with Gasteiger partial charge >= 0.3 is 0 Å². The number of aliphatic hydroxyl groups is 1. The van der Waals surface area contributed by atoms with E-state index in [9.17, 15) is 10.2 Å². The van der Waals surface area contributed by atoms with Crippen molar-refractivity contribution in [2.75, 3.05) is 34.5 Å². The average molecular weight is 503 g/mol. The number of aromatic hydroxyl groups is 1. The third-order valence-corrected chi connectivity index (χ3v) is 5.85. The lowest BCUT2D eigenvalue weighted by Gasteiger charge is -2.21. The Hall–Kier alpha value is -4.36. The molecule has 0 radical (unpaired) electrons. The molecule has 0 saturated heterocycles. The van der Waals surface area contributed by atoms with Gasteiger partial charge in [0, 0.05) is 5.56 Å². The number of hydrogen-bond acceptors (Lipinski definition) is 7. The Bertz CT molecular complexity index is 1320. The van der Waals surface area contributed by atoms with E-state index >= 15 is 0 Å². The topological polar surface area (TPSA) is 86.6 Å². The van der Waals surface area contributed by atoms with Gasteiger partial charge in [-0.25, -0.2) is 0 Å². The first-order valence-electron chi connectivity index (χ1n) is 11.8. The Morgan fingerprint density at radius 1 is 0.676 bits per heavy atom. The van der Waals surface area contributed by atoms with Crippen LogP contribution >= 0.6 is 0 Å². The van der Waals surface area contributed by atoms with E-state index in [4.69, 9.17) is 23.7 Å². The Balaban J connectivity index is 1.78. The minimum atomic E-state index is -0.185. The van der Waals surface area contributed by atoms with Crippen LogP contribution in [0.25, 0.3) is 22.3 Å². The van der Waals surface area contributed by atoms with E-state index in [1.807, 2.05) is 66.7 Å². The number of ether oxygens (including phenoxy) is 5. The molecule has 0 amide bonds. The molecular formula is C30H30O7. The molecule has 0 atom stereocenters. The van der Waals surface area contributed by atoms with Crippen molar-refractivity contribution >= 4 is 0 Å². The second-order valence-electron chi connectivity index (χ2n) is 8.12. The second kappa shape index (κ2) is 12.1. The molecule has 37 heavy (non-hydrogen) atoms. The van der Waals surface area contributed by atoms with Crippen LogP contribution in [0.5, 0.6) is 34.5 Å². The molecule has 4 aromatic carbocycles. The van der Waals surface area contributed by atoms with E-state index in [2.05, 4.69) is 0 Å². The molecule has 0 aromatic heterocycles. The number of benzene rings is 4. The molecule has 0 aliphatic carbocycles. The molecule has 0 aliphatic rings. The molecular weight excluding hydrogens is 472 g/mol. The van der Waals surface area contributed by atoms with Crippen LogP contribution in [0.1, 0.15) is 5.56 Å². The zero-order valence-electron chi connectivity index (χ0n) is 21.1. The first-order chi connectivity index (χ1) is 18.1. The molecule has 0 spiro atoms. The van der Waals surface area contributed by atoms with Gasteiger partial charge in [0.25, 0.3) is 0 Å². The van der Waals surface area contributed by atoms with Crippen LogP contribution in [0, 0.1) is 0 Å². The van der Waals surface area contributed by atoms with Crippen LogP contribution in [-0.4, -0.2) is 44.8 Å². The average Bonchev–Trinajstić information content (AvgIpc) is 2.95. The summed E-state index contributed by atoms with van der Waals surface area (Å²) in [5.41, 5.74) is 3.81. The Morgan fingerprint density at radius 3 is 2.03 bits per heavy atom. The maximum Gasteiger partial charge on any atom is 0.173 e. The van der Waals surface area contributed by atoms with Gasteiger partial charge in [0.1, 0.15) is 24.7 Å². The standard InChI is InChI=1S/C30H30O7/c1-33-23-12-9-21(10-13-23)24-18-27(34-2)28(30(29(24)35-3)36-16-15-31)22-11-14-26(25(32)17-22)37-19-20-7-5-4-6-8-20/h4-14,17-18,31-32H,15-16,19H2,1-3H3. The zero-order valence-corrected chi connectivity index (χ0v) is 21.1. The van der Waals surface area contributed by atoms with Crippen LogP contribution in [0.4, 0.5) is 0 Å². The van der Waals surface area contributed by atoms with Gasteiger partial charge in [-0.05, 0) is 47.0 Å².